The number of hydrogen-bond acceptors (Lipinski definition) is 2. The molecule has 0 bridgehead atoms. The van der Waals surface area contributed by atoms with E-state index in [-0.39, 0.29) is 11.9 Å². The number of ether oxygens (including phenoxy) is 1. The Hall–Kier alpha value is -0.790. The fraction of sp³-hybridized carbons (Fsp3) is 0.625. The van der Waals surface area contributed by atoms with E-state index in [9.17, 15) is 4.79 Å². The monoisotopic (exact) mass is 140 g/mol. The van der Waals surface area contributed by atoms with Crippen LogP contribution in [0.3, 0.4) is 0 Å². The Labute approximate surface area is 60.9 Å². The fourth-order valence-corrected chi connectivity index (χ4v) is 1.01. The summed E-state index contributed by atoms with van der Waals surface area (Å²) in [5, 5.41) is 0. The number of rotatable bonds is 1. The summed E-state index contributed by atoms with van der Waals surface area (Å²) in [6.45, 7) is 3.64. The van der Waals surface area contributed by atoms with Gasteiger partial charge in [0, 0.05) is 0 Å². The molecule has 0 fully saturated rings. The molecule has 0 aromatic heterocycles. The number of Topliss-reactive ketones (excluding diaryl/α,β-unsaturated/α-hetero) is 1. The molecule has 56 valence electrons. The largest absolute Gasteiger partial charge is 0.491 e. The zero-order chi connectivity index (χ0) is 7.56. The molecular weight excluding hydrogens is 128 g/mol. The van der Waals surface area contributed by atoms with Gasteiger partial charge in [0.15, 0.2) is 11.9 Å². The fourth-order valence-electron chi connectivity index (χ4n) is 1.01. The highest BCUT2D eigenvalue weighted by Crippen LogP contribution is 2.16. The molecule has 1 rings (SSSR count). The van der Waals surface area contributed by atoms with Crippen molar-refractivity contribution >= 4 is 5.78 Å². The van der Waals surface area contributed by atoms with Gasteiger partial charge in [0.1, 0.15) is 0 Å². The maximum Gasteiger partial charge on any atom is 0.170 e. The van der Waals surface area contributed by atoms with E-state index in [1.165, 1.54) is 0 Å². The van der Waals surface area contributed by atoms with Gasteiger partial charge in [-0.2, -0.15) is 0 Å². The van der Waals surface area contributed by atoms with E-state index in [0.29, 0.717) is 5.92 Å². The van der Waals surface area contributed by atoms with Crippen molar-refractivity contribution in [3.63, 3.8) is 0 Å². The van der Waals surface area contributed by atoms with Gasteiger partial charge in [0.2, 0.25) is 0 Å². The maximum absolute atomic E-state index is 10.8. The highest BCUT2D eigenvalue weighted by molar-refractivity contribution is 5.80. The van der Waals surface area contributed by atoms with Crippen molar-refractivity contribution in [3.05, 3.63) is 12.3 Å². The van der Waals surface area contributed by atoms with Crippen LogP contribution in [0.1, 0.15) is 20.3 Å². The van der Waals surface area contributed by atoms with Crippen LogP contribution in [-0.4, -0.2) is 11.9 Å². The highest BCUT2D eigenvalue weighted by atomic mass is 16.5. The van der Waals surface area contributed by atoms with Gasteiger partial charge in [-0.3, -0.25) is 4.79 Å². The number of ketones is 1. The summed E-state index contributed by atoms with van der Waals surface area (Å²) in [5.74, 6) is 0.596. The minimum absolute atomic E-state index is 0.121. The van der Waals surface area contributed by atoms with E-state index < -0.39 is 0 Å². The van der Waals surface area contributed by atoms with Crippen LogP contribution < -0.4 is 0 Å². The minimum atomic E-state index is -0.194. The van der Waals surface area contributed by atoms with Gasteiger partial charge in [0.05, 0.1) is 6.26 Å². The van der Waals surface area contributed by atoms with Crippen LogP contribution in [0, 0.1) is 5.92 Å². The van der Waals surface area contributed by atoms with Gasteiger partial charge in [-0.25, -0.2) is 0 Å². The lowest BCUT2D eigenvalue weighted by molar-refractivity contribution is -0.126. The van der Waals surface area contributed by atoms with Crippen LogP contribution in [0.4, 0.5) is 0 Å². The second kappa shape index (κ2) is 2.86. The molecule has 0 aromatic carbocycles. The SMILES string of the molecule is CC(=O)C1CC(C)C=CO1. The molecule has 2 nitrogen and oxygen atoms in total. The first-order valence-corrected chi connectivity index (χ1v) is 3.52. The predicted octanol–water partition coefficient (Wildman–Crippen LogP) is 1.51. The van der Waals surface area contributed by atoms with E-state index in [1.807, 2.05) is 6.08 Å². The molecule has 10 heavy (non-hydrogen) atoms. The molecule has 1 aliphatic heterocycles. The Kier molecular flexibility index (Phi) is 2.10. The molecule has 0 amide bonds. The van der Waals surface area contributed by atoms with Crippen molar-refractivity contribution in [1.29, 1.82) is 0 Å². The number of carbonyl (C=O) groups excluding carboxylic acids is 1. The first-order chi connectivity index (χ1) is 4.70. The van der Waals surface area contributed by atoms with Gasteiger partial charge < -0.3 is 4.74 Å². The Balaban J connectivity index is 2.52. The van der Waals surface area contributed by atoms with Gasteiger partial charge in [-0.1, -0.05) is 6.92 Å². The first-order valence-electron chi connectivity index (χ1n) is 3.52. The van der Waals surface area contributed by atoms with Crippen LogP contribution in [-0.2, 0) is 9.53 Å². The molecule has 0 spiro atoms. The normalized spacial score (nSPS) is 31.4. The molecule has 1 heterocycles. The van der Waals surface area contributed by atoms with E-state index in [1.54, 1.807) is 13.2 Å². The first kappa shape index (κ1) is 7.32. The third-order valence-corrected chi connectivity index (χ3v) is 1.69. The highest BCUT2D eigenvalue weighted by Gasteiger charge is 2.19. The average Bonchev–Trinajstić information content (AvgIpc) is 1.88. The van der Waals surface area contributed by atoms with Crippen molar-refractivity contribution in [2.24, 2.45) is 5.92 Å². The third kappa shape index (κ3) is 1.59. The summed E-state index contributed by atoms with van der Waals surface area (Å²) in [6.07, 6.45) is 4.23. The smallest absolute Gasteiger partial charge is 0.170 e. The standard InChI is InChI=1S/C8H12O2/c1-6-3-4-10-8(5-6)7(2)9/h3-4,6,8H,5H2,1-2H3. The van der Waals surface area contributed by atoms with Crippen molar-refractivity contribution < 1.29 is 9.53 Å². The van der Waals surface area contributed by atoms with Crippen molar-refractivity contribution in [2.75, 3.05) is 0 Å². The van der Waals surface area contributed by atoms with Gasteiger partial charge >= 0.3 is 0 Å². The Morgan fingerprint density at radius 3 is 2.80 bits per heavy atom. The Morgan fingerprint density at radius 1 is 1.70 bits per heavy atom. The molecule has 1 aliphatic rings. The van der Waals surface area contributed by atoms with E-state index in [2.05, 4.69) is 6.92 Å². The van der Waals surface area contributed by atoms with Crippen LogP contribution >= 0.6 is 0 Å². The van der Waals surface area contributed by atoms with E-state index >= 15 is 0 Å². The zero-order valence-electron chi connectivity index (χ0n) is 6.33. The summed E-state index contributed by atoms with van der Waals surface area (Å²) in [7, 11) is 0. The minimum Gasteiger partial charge on any atom is -0.491 e. The second-order valence-corrected chi connectivity index (χ2v) is 2.78. The topological polar surface area (TPSA) is 26.3 Å². The Morgan fingerprint density at radius 2 is 2.40 bits per heavy atom. The summed E-state index contributed by atoms with van der Waals surface area (Å²) in [4.78, 5) is 10.8. The van der Waals surface area contributed by atoms with Crippen LogP contribution in [0.15, 0.2) is 12.3 Å². The van der Waals surface area contributed by atoms with E-state index in [0.717, 1.165) is 6.42 Å². The molecule has 0 N–H and O–H groups in total. The molecule has 2 atom stereocenters. The van der Waals surface area contributed by atoms with Gasteiger partial charge in [-0.05, 0) is 25.3 Å². The quantitative estimate of drug-likeness (QED) is 0.552. The summed E-state index contributed by atoms with van der Waals surface area (Å²) in [5.41, 5.74) is 0. The van der Waals surface area contributed by atoms with Crippen molar-refractivity contribution in [2.45, 2.75) is 26.4 Å². The van der Waals surface area contributed by atoms with Crippen LogP contribution in [0.2, 0.25) is 0 Å². The molecule has 0 aromatic rings. The molecule has 2 heteroatoms. The molecule has 0 saturated heterocycles. The van der Waals surface area contributed by atoms with Crippen LogP contribution in [0.25, 0.3) is 0 Å². The zero-order valence-corrected chi connectivity index (χ0v) is 6.33. The second-order valence-electron chi connectivity index (χ2n) is 2.78. The number of allylic oxidation sites excluding steroid dienone is 1. The van der Waals surface area contributed by atoms with E-state index in [4.69, 9.17) is 4.74 Å². The lowest BCUT2D eigenvalue weighted by atomic mass is 10.00. The number of hydrogen-bond donors (Lipinski definition) is 0. The van der Waals surface area contributed by atoms with Crippen molar-refractivity contribution in [1.82, 2.24) is 0 Å². The number of carbonyl (C=O) groups is 1. The molecule has 0 saturated carbocycles. The maximum atomic E-state index is 10.8. The summed E-state index contributed by atoms with van der Waals surface area (Å²) in [6, 6.07) is 0. The van der Waals surface area contributed by atoms with Gasteiger partial charge in [-0.15, -0.1) is 0 Å². The summed E-state index contributed by atoms with van der Waals surface area (Å²) < 4.78 is 5.08. The lowest BCUT2D eigenvalue weighted by Gasteiger charge is -2.20. The third-order valence-electron chi connectivity index (χ3n) is 1.69. The Bertz CT molecular complexity index is 161. The molecule has 0 radical (unpaired) electrons. The molecule has 0 aliphatic carbocycles. The summed E-state index contributed by atoms with van der Waals surface area (Å²) >= 11 is 0. The predicted molar refractivity (Wildman–Crippen MR) is 38.5 cm³/mol. The molecular formula is C8H12O2. The molecule has 2 unspecified atom stereocenters. The van der Waals surface area contributed by atoms with Gasteiger partial charge in [0.25, 0.3) is 0 Å². The average molecular weight is 140 g/mol. The lowest BCUT2D eigenvalue weighted by Crippen LogP contribution is -2.24. The van der Waals surface area contributed by atoms with Crippen molar-refractivity contribution in [3.8, 4) is 0 Å². The van der Waals surface area contributed by atoms with Crippen LogP contribution in [0.5, 0.6) is 0 Å².